The van der Waals surface area contributed by atoms with Crippen molar-refractivity contribution in [1.82, 2.24) is 9.88 Å². The van der Waals surface area contributed by atoms with E-state index in [4.69, 9.17) is 14.2 Å². The van der Waals surface area contributed by atoms with Crippen molar-refractivity contribution in [2.24, 2.45) is 0 Å². The fourth-order valence-corrected chi connectivity index (χ4v) is 3.90. The van der Waals surface area contributed by atoms with Crippen molar-refractivity contribution in [3.8, 4) is 17.2 Å². The Morgan fingerprint density at radius 3 is 2.97 bits per heavy atom. The molecule has 7 nitrogen and oxygen atoms in total. The molecule has 0 saturated carbocycles. The highest BCUT2D eigenvalue weighted by Crippen LogP contribution is 2.40. The van der Waals surface area contributed by atoms with Crippen molar-refractivity contribution in [2.45, 2.75) is 18.6 Å². The number of piperidine rings is 1. The SMILES string of the molecule is O=C(c1ccc2[nH]ccc2c1)N1CC[C@@H](Oc2cccc3c2OCCO3)[C@H](O)C1. The lowest BCUT2D eigenvalue weighted by molar-refractivity contribution is -0.0214. The number of aromatic amines is 1. The molecular weight excluding hydrogens is 372 g/mol. The number of β-amino-alcohol motifs (C(OH)–C–C–N with tert-alkyl or cyclic N) is 1. The molecule has 150 valence electrons. The number of nitrogens with one attached hydrogen (secondary N) is 1. The average molecular weight is 394 g/mol. The maximum atomic E-state index is 12.9. The van der Waals surface area contributed by atoms with Crippen LogP contribution in [0.5, 0.6) is 17.2 Å². The highest BCUT2D eigenvalue weighted by atomic mass is 16.6. The zero-order valence-corrected chi connectivity index (χ0v) is 15.8. The van der Waals surface area contributed by atoms with Gasteiger partial charge in [0, 0.05) is 35.6 Å². The number of likely N-dealkylation sites (tertiary alicyclic amines) is 1. The van der Waals surface area contributed by atoms with Crippen molar-refractivity contribution in [3.63, 3.8) is 0 Å². The predicted octanol–water partition coefficient (Wildman–Crippen LogP) is 2.59. The van der Waals surface area contributed by atoms with Crippen molar-refractivity contribution in [3.05, 3.63) is 54.2 Å². The second kappa shape index (κ2) is 7.33. The molecule has 3 aromatic rings. The third-order valence-electron chi connectivity index (χ3n) is 5.42. The van der Waals surface area contributed by atoms with Gasteiger partial charge in [-0.1, -0.05) is 6.07 Å². The van der Waals surface area contributed by atoms with E-state index < -0.39 is 12.2 Å². The molecule has 2 atom stereocenters. The van der Waals surface area contributed by atoms with E-state index in [9.17, 15) is 9.90 Å². The number of aliphatic hydroxyl groups excluding tert-OH is 1. The maximum absolute atomic E-state index is 12.9. The summed E-state index contributed by atoms with van der Waals surface area (Å²) < 4.78 is 17.3. The van der Waals surface area contributed by atoms with E-state index in [0.29, 0.717) is 49.0 Å². The molecule has 7 heteroatoms. The molecule has 0 aliphatic carbocycles. The summed E-state index contributed by atoms with van der Waals surface area (Å²) in [5.74, 6) is 1.70. The lowest BCUT2D eigenvalue weighted by Gasteiger charge is -2.36. The second-order valence-electron chi connectivity index (χ2n) is 7.32. The highest BCUT2D eigenvalue weighted by molar-refractivity contribution is 5.98. The standard InChI is InChI=1S/C22H22N2O5/c25-17-13-24(22(26)15-4-5-16-14(12-15)6-8-23-16)9-7-18(17)29-20-3-1-2-19-21(20)28-11-10-27-19/h1-6,8,12,17-18,23,25H,7,9-11,13H2/t17-,18-/m1/s1. The number of amides is 1. The lowest BCUT2D eigenvalue weighted by atomic mass is 10.0. The van der Waals surface area contributed by atoms with E-state index in [2.05, 4.69) is 4.98 Å². The van der Waals surface area contributed by atoms with Gasteiger partial charge >= 0.3 is 0 Å². The molecule has 0 radical (unpaired) electrons. The highest BCUT2D eigenvalue weighted by Gasteiger charge is 2.33. The number of carbonyl (C=O) groups excluding carboxylic acids is 1. The monoisotopic (exact) mass is 394 g/mol. The molecule has 5 rings (SSSR count). The van der Waals surface area contributed by atoms with Crippen molar-refractivity contribution in [1.29, 1.82) is 0 Å². The molecule has 3 heterocycles. The molecule has 2 N–H and O–H groups in total. The zero-order chi connectivity index (χ0) is 19.8. The Balaban J connectivity index is 1.27. The molecule has 1 amide bonds. The molecule has 2 aromatic carbocycles. The summed E-state index contributed by atoms with van der Waals surface area (Å²) in [6, 6.07) is 13.0. The number of hydrogen-bond acceptors (Lipinski definition) is 5. The first-order valence-corrected chi connectivity index (χ1v) is 9.79. The second-order valence-corrected chi connectivity index (χ2v) is 7.32. The number of aromatic nitrogens is 1. The maximum Gasteiger partial charge on any atom is 0.253 e. The molecule has 2 aliphatic rings. The molecular formula is C22H22N2O5. The van der Waals surface area contributed by atoms with Crippen LogP contribution in [0.1, 0.15) is 16.8 Å². The number of H-pyrrole nitrogens is 1. The molecule has 0 unspecified atom stereocenters. The summed E-state index contributed by atoms with van der Waals surface area (Å²) in [4.78, 5) is 17.7. The smallest absolute Gasteiger partial charge is 0.253 e. The molecule has 0 spiro atoms. The molecule has 1 aromatic heterocycles. The van der Waals surface area contributed by atoms with Gasteiger partial charge in [-0.25, -0.2) is 0 Å². The predicted molar refractivity (Wildman–Crippen MR) is 107 cm³/mol. The number of ether oxygens (including phenoxy) is 3. The zero-order valence-electron chi connectivity index (χ0n) is 15.8. The fourth-order valence-electron chi connectivity index (χ4n) is 3.90. The van der Waals surface area contributed by atoms with Gasteiger partial charge in [0.1, 0.15) is 25.4 Å². The van der Waals surface area contributed by atoms with E-state index in [1.54, 1.807) is 4.90 Å². The van der Waals surface area contributed by atoms with Crippen LogP contribution in [0.4, 0.5) is 0 Å². The van der Waals surface area contributed by atoms with Crippen LogP contribution < -0.4 is 14.2 Å². The van der Waals surface area contributed by atoms with Gasteiger partial charge in [-0.2, -0.15) is 0 Å². The number of benzene rings is 2. The van der Waals surface area contributed by atoms with Crippen LogP contribution >= 0.6 is 0 Å². The number of aliphatic hydroxyl groups is 1. The van der Waals surface area contributed by atoms with E-state index >= 15 is 0 Å². The normalized spacial score (nSPS) is 21.2. The van der Waals surface area contributed by atoms with Crippen LogP contribution in [0.2, 0.25) is 0 Å². The van der Waals surface area contributed by atoms with E-state index in [1.165, 1.54) is 0 Å². The Morgan fingerprint density at radius 1 is 1.17 bits per heavy atom. The minimum Gasteiger partial charge on any atom is -0.486 e. The number of fused-ring (bicyclic) bond motifs is 2. The van der Waals surface area contributed by atoms with Gasteiger partial charge in [0.05, 0.1) is 6.54 Å². The fraction of sp³-hybridized carbons (Fsp3) is 0.318. The number of carbonyl (C=O) groups is 1. The first-order chi connectivity index (χ1) is 14.2. The lowest BCUT2D eigenvalue weighted by Crippen LogP contribution is -2.51. The third-order valence-corrected chi connectivity index (χ3v) is 5.42. The Bertz CT molecular complexity index is 1050. The Labute approximate surface area is 167 Å². The Hall–Kier alpha value is -3.19. The van der Waals surface area contributed by atoms with Gasteiger partial charge in [0.25, 0.3) is 5.91 Å². The van der Waals surface area contributed by atoms with Crippen molar-refractivity contribution in [2.75, 3.05) is 26.3 Å². The minimum atomic E-state index is -0.788. The molecule has 1 fully saturated rings. The summed E-state index contributed by atoms with van der Waals surface area (Å²) in [5, 5.41) is 11.6. The Morgan fingerprint density at radius 2 is 2.07 bits per heavy atom. The van der Waals surface area contributed by atoms with Crippen LogP contribution in [0.3, 0.4) is 0 Å². The largest absolute Gasteiger partial charge is 0.486 e. The third kappa shape index (κ3) is 3.38. The van der Waals surface area contributed by atoms with Gasteiger partial charge in [-0.15, -0.1) is 0 Å². The van der Waals surface area contributed by atoms with E-state index in [-0.39, 0.29) is 12.5 Å². The minimum absolute atomic E-state index is 0.0839. The molecule has 1 saturated heterocycles. The van der Waals surface area contributed by atoms with Crippen molar-refractivity contribution < 1.29 is 24.1 Å². The van der Waals surface area contributed by atoms with E-state index in [1.807, 2.05) is 48.7 Å². The molecule has 2 aliphatic heterocycles. The quantitative estimate of drug-likeness (QED) is 0.713. The van der Waals surface area contributed by atoms with Crippen LogP contribution in [-0.2, 0) is 0 Å². The van der Waals surface area contributed by atoms with Gasteiger partial charge in [-0.05, 0) is 36.4 Å². The molecule has 29 heavy (non-hydrogen) atoms. The van der Waals surface area contributed by atoms with Gasteiger partial charge in [0.2, 0.25) is 5.75 Å². The summed E-state index contributed by atoms with van der Waals surface area (Å²) in [6.45, 7) is 1.71. The van der Waals surface area contributed by atoms with Gasteiger partial charge in [-0.3, -0.25) is 4.79 Å². The summed E-state index contributed by atoms with van der Waals surface area (Å²) in [6.07, 6.45) is 1.18. The average Bonchev–Trinajstić information content (AvgIpc) is 3.23. The number of nitrogens with zero attached hydrogens (tertiary/aromatic N) is 1. The van der Waals surface area contributed by atoms with Crippen molar-refractivity contribution >= 4 is 16.8 Å². The summed E-state index contributed by atoms with van der Waals surface area (Å²) >= 11 is 0. The van der Waals surface area contributed by atoms with Crippen LogP contribution in [0.15, 0.2) is 48.7 Å². The topological polar surface area (TPSA) is 84.0 Å². The molecule has 0 bridgehead atoms. The summed E-state index contributed by atoms with van der Waals surface area (Å²) in [7, 11) is 0. The van der Waals surface area contributed by atoms with Crippen LogP contribution in [0.25, 0.3) is 10.9 Å². The summed E-state index contributed by atoms with van der Waals surface area (Å²) in [5.41, 5.74) is 1.61. The van der Waals surface area contributed by atoms with Gasteiger partial charge in [0.15, 0.2) is 11.5 Å². The van der Waals surface area contributed by atoms with Gasteiger partial charge < -0.3 is 29.2 Å². The first-order valence-electron chi connectivity index (χ1n) is 9.79. The number of para-hydroxylation sites is 1. The number of hydrogen-bond donors (Lipinski definition) is 2. The first kappa shape index (κ1) is 17.9. The Kier molecular flexibility index (Phi) is 4.52. The number of rotatable bonds is 3. The van der Waals surface area contributed by atoms with E-state index in [0.717, 1.165) is 10.9 Å². The van der Waals surface area contributed by atoms with Crippen LogP contribution in [0, 0.1) is 0 Å². The van der Waals surface area contributed by atoms with Crippen LogP contribution in [-0.4, -0.2) is 59.4 Å².